The zero-order valence-electron chi connectivity index (χ0n) is 9.55. The molecule has 0 radical (unpaired) electrons. The van der Waals surface area contributed by atoms with E-state index in [-0.39, 0.29) is 5.84 Å². The van der Waals surface area contributed by atoms with E-state index in [9.17, 15) is 0 Å². The van der Waals surface area contributed by atoms with E-state index >= 15 is 0 Å². The standard InChI is InChI=1S/C12H14N4O/c1-16-6-5-15-11(16)8-17-10-4-2-3-9(7-10)12(13)14/h2-7H,8H2,1H3,(H3,13,14). The van der Waals surface area contributed by atoms with Crippen LogP contribution in [0.3, 0.4) is 0 Å². The lowest BCUT2D eigenvalue weighted by molar-refractivity contribution is 0.292. The topological polar surface area (TPSA) is 76.9 Å². The molecule has 5 nitrogen and oxygen atoms in total. The van der Waals surface area contributed by atoms with Gasteiger partial charge in [0.15, 0.2) is 0 Å². The van der Waals surface area contributed by atoms with Crippen LogP contribution in [-0.4, -0.2) is 15.4 Å². The van der Waals surface area contributed by atoms with Crippen LogP contribution < -0.4 is 10.5 Å². The molecule has 0 spiro atoms. The Balaban J connectivity index is 2.07. The lowest BCUT2D eigenvalue weighted by Crippen LogP contribution is -2.11. The molecule has 0 saturated carbocycles. The van der Waals surface area contributed by atoms with Crippen LogP contribution in [0.2, 0.25) is 0 Å². The van der Waals surface area contributed by atoms with Gasteiger partial charge >= 0.3 is 0 Å². The number of benzene rings is 1. The number of hydrogen-bond donors (Lipinski definition) is 2. The number of rotatable bonds is 4. The smallest absolute Gasteiger partial charge is 0.146 e. The summed E-state index contributed by atoms with van der Waals surface area (Å²) in [7, 11) is 1.91. The molecule has 0 aliphatic rings. The third-order valence-electron chi connectivity index (χ3n) is 2.43. The zero-order valence-corrected chi connectivity index (χ0v) is 9.55. The minimum Gasteiger partial charge on any atom is -0.486 e. The van der Waals surface area contributed by atoms with Crippen LogP contribution in [-0.2, 0) is 13.7 Å². The quantitative estimate of drug-likeness (QED) is 0.613. The molecule has 0 atom stereocenters. The van der Waals surface area contributed by atoms with Gasteiger partial charge in [0.05, 0.1) is 0 Å². The van der Waals surface area contributed by atoms with E-state index in [4.69, 9.17) is 15.9 Å². The van der Waals surface area contributed by atoms with Crippen LogP contribution in [0.5, 0.6) is 5.75 Å². The zero-order chi connectivity index (χ0) is 12.3. The molecule has 1 aromatic heterocycles. The number of nitrogens with two attached hydrogens (primary N) is 1. The van der Waals surface area contributed by atoms with Crippen LogP contribution in [0.25, 0.3) is 0 Å². The summed E-state index contributed by atoms with van der Waals surface area (Å²) in [5, 5.41) is 7.34. The summed E-state index contributed by atoms with van der Waals surface area (Å²) in [6.07, 6.45) is 3.59. The number of hydrogen-bond acceptors (Lipinski definition) is 3. The molecular weight excluding hydrogens is 216 g/mol. The summed E-state index contributed by atoms with van der Waals surface area (Å²) >= 11 is 0. The first-order valence-corrected chi connectivity index (χ1v) is 5.20. The van der Waals surface area contributed by atoms with Gasteiger partial charge in [-0.25, -0.2) is 4.98 Å². The van der Waals surface area contributed by atoms with E-state index < -0.39 is 0 Å². The summed E-state index contributed by atoms with van der Waals surface area (Å²) < 4.78 is 7.48. The Labute approximate surface area is 99.4 Å². The van der Waals surface area contributed by atoms with Crippen molar-refractivity contribution in [3.8, 4) is 5.75 Å². The molecule has 0 saturated heterocycles. The molecule has 0 aliphatic heterocycles. The second-order valence-corrected chi connectivity index (χ2v) is 3.68. The minimum atomic E-state index is 0.0347. The first kappa shape index (κ1) is 11.2. The van der Waals surface area contributed by atoms with Crippen molar-refractivity contribution < 1.29 is 4.74 Å². The van der Waals surface area contributed by atoms with Crippen molar-refractivity contribution in [1.82, 2.24) is 9.55 Å². The lowest BCUT2D eigenvalue weighted by atomic mass is 10.2. The summed E-state index contributed by atoms with van der Waals surface area (Å²) in [5.41, 5.74) is 6.06. The van der Waals surface area contributed by atoms with Gasteiger partial charge in [0.1, 0.15) is 24.0 Å². The Hall–Kier alpha value is -2.30. The highest BCUT2D eigenvalue weighted by Crippen LogP contribution is 2.14. The van der Waals surface area contributed by atoms with Crippen molar-refractivity contribution >= 4 is 5.84 Å². The van der Waals surface area contributed by atoms with Gasteiger partial charge in [-0.05, 0) is 12.1 Å². The van der Waals surface area contributed by atoms with Crippen molar-refractivity contribution in [1.29, 1.82) is 5.41 Å². The third-order valence-corrected chi connectivity index (χ3v) is 2.43. The molecule has 0 unspecified atom stereocenters. The summed E-state index contributed by atoms with van der Waals surface area (Å²) in [6, 6.07) is 7.15. The highest BCUT2D eigenvalue weighted by molar-refractivity contribution is 5.95. The Bertz CT molecular complexity index is 533. The molecule has 2 rings (SSSR count). The van der Waals surface area contributed by atoms with Gasteiger partial charge < -0.3 is 15.0 Å². The Morgan fingerprint density at radius 3 is 3.00 bits per heavy atom. The maximum absolute atomic E-state index is 7.34. The normalized spacial score (nSPS) is 10.2. The summed E-state index contributed by atoms with van der Waals surface area (Å²) in [4.78, 5) is 4.16. The first-order valence-electron chi connectivity index (χ1n) is 5.20. The van der Waals surface area contributed by atoms with E-state index in [2.05, 4.69) is 4.98 Å². The van der Waals surface area contributed by atoms with E-state index in [1.807, 2.05) is 29.9 Å². The van der Waals surface area contributed by atoms with Gasteiger partial charge in [-0.2, -0.15) is 0 Å². The summed E-state index contributed by atoms with van der Waals surface area (Å²) in [6.45, 7) is 0.394. The molecule has 5 heteroatoms. The van der Waals surface area contributed by atoms with Crippen molar-refractivity contribution in [3.63, 3.8) is 0 Å². The molecule has 3 N–H and O–H groups in total. The molecule has 2 aromatic rings. The predicted octanol–water partition coefficient (Wildman–Crippen LogP) is 1.28. The molecule has 0 amide bonds. The largest absolute Gasteiger partial charge is 0.486 e. The van der Waals surface area contributed by atoms with E-state index in [0.717, 1.165) is 5.82 Å². The van der Waals surface area contributed by atoms with Crippen LogP contribution in [0.1, 0.15) is 11.4 Å². The second kappa shape index (κ2) is 4.69. The fraction of sp³-hybridized carbons (Fsp3) is 0.167. The fourth-order valence-electron chi connectivity index (χ4n) is 1.44. The van der Waals surface area contributed by atoms with E-state index in [0.29, 0.717) is 17.9 Å². The fourth-order valence-corrected chi connectivity index (χ4v) is 1.44. The summed E-state index contributed by atoms with van der Waals surface area (Å²) in [5.74, 6) is 1.56. The average molecular weight is 230 g/mol. The van der Waals surface area contributed by atoms with Gasteiger partial charge in [-0.1, -0.05) is 12.1 Å². The lowest BCUT2D eigenvalue weighted by Gasteiger charge is -2.07. The molecular formula is C12H14N4O. The van der Waals surface area contributed by atoms with Crippen LogP contribution in [0.15, 0.2) is 36.7 Å². The Morgan fingerprint density at radius 1 is 1.53 bits per heavy atom. The molecule has 1 heterocycles. The SMILES string of the molecule is Cn1ccnc1COc1cccc(C(=N)N)c1. The third kappa shape index (κ3) is 2.63. The number of aromatic nitrogens is 2. The van der Waals surface area contributed by atoms with E-state index in [1.54, 1.807) is 18.3 Å². The minimum absolute atomic E-state index is 0.0347. The molecule has 0 aliphatic carbocycles. The molecule has 0 fully saturated rings. The van der Waals surface area contributed by atoms with Gasteiger partial charge in [0.2, 0.25) is 0 Å². The monoisotopic (exact) mass is 230 g/mol. The van der Waals surface area contributed by atoms with Gasteiger partial charge in [-0.3, -0.25) is 5.41 Å². The van der Waals surface area contributed by atoms with Gasteiger partial charge in [-0.15, -0.1) is 0 Å². The predicted molar refractivity (Wildman–Crippen MR) is 65.0 cm³/mol. The van der Waals surface area contributed by atoms with Crippen LogP contribution in [0, 0.1) is 5.41 Å². The van der Waals surface area contributed by atoms with Crippen molar-refractivity contribution in [2.24, 2.45) is 12.8 Å². The van der Waals surface area contributed by atoms with Gasteiger partial charge in [0.25, 0.3) is 0 Å². The number of imidazole rings is 1. The Kier molecular flexibility index (Phi) is 3.09. The maximum atomic E-state index is 7.34. The number of aryl methyl sites for hydroxylation is 1. The van der Waals surface area contributed by atoms with Crippen LogP contribution >= 0.6 is 0 Å². The average Bonchev–Trinajstić information content (AvgIpc) is 2.72. The first-order chi connectivity index (χ1) is 8.16. The highest BCUT2D eigenvalue weighted by Gasteiger charge is 2.02. The maximum Gasteiger partial charge on any atom is 0.146 e. The number of nitrogen functional groups attached to an aromatic ring is 1. The van der Waals surface area contributed by atoms with Gasteiger partial charge in [0, 0.05) is 25.0 Å². The van der Waals surface area contributed by atoms with Crippen molar-refractivity contribution in [2.75, 3.05) is 0 Å². The number of nitrogens with one attached hydrogen (secondary N) is 1. The number of amidine groups is 1. The number of nitrogens with zero attached hydrogens (tertiary/aromatic N) is 2. The second-order valence-electron chi connectivity index (χ2n) is 3.68. The van der Waals surface area contributed by atoms with Crippen molar-refractivity contribution in [3.05, 3.63) is 48.0 Å². The Morgan fingerprint density at radius 2 is 2.35 bits per heavy atom. The molecule has 17 heavy (non-hydrogen) atoms. The van der Waals surface area contributed by atoms with E-state index in [1.165, 1.54) is 0 Å². The molecule has 1 aromatic carbocycles. The highest BCUT2D eigenvalue weighted by atomic mass is 16.5. The van der Waals surface area contributed by atoms with Crippen LogP contribution in [0.4, 0.5) is 0 Å². The number of ether oxygens (including phenoxy) is 1. The molecule has 0 bridgehead atoms. The molecule has 88 valence electrons. The van der Waals surface area contributed by atoms with Crippen molar-refractivity contribution in [2.45, 2.75) is 6.61 Å².